The van der Waals surface area contributed by atoms with Crippen LogP contribution in [0.2, 0.25) is 0 Å². The van der Waals surface area contributed by atoms with Crippen molar-refractivity contribution in [2.45, 2.75) is 64.4 Å². The molecule has 2 aliphatic rings. The smallest absolute Gasteiger partial charge is 0.191 e. The summed E-state index contributed by atoms with van der Waals surface area (Å²) in [7, 11) is 1.80. The molecule has 0 spiro atoms. The van der Waals surface area contributed by atoms with Gasteiger partial charge in [-0.25, -0.2) is 9.67 Å². The van der Waals surface area contributed by atoms with Crippen molar-refractivity contribution in [3.8, 4) is 0 Å². The second-order valence-electron chi connectivity index (χ2n) is 7.95. The Hall–Kier alpha value is -2.45. The van der Waals surface area contributed by atoms with Crippen molar-refractivity contribution in [2.24, 2.45) is 4.99 Å². The maximum Gasteiger partial charge on any atom is 0.191 e. The molecule has 4 rings (SSSR count). The number of guanidine groups is 1. The highest BCUT2D eigenvalue weighted by Crippen LogP contribution is 2.22. The molecule has 0 amide bonds. The second-order valence-corrected chi connectivity index (χ2v) is 7.95. The van der Waals surface area contributed by atoms with Gasteiger partial charge in [-0.3, -0.25) is 4.99 Å². The summed E-state index contributed by atoms with van der Waals surface area (Å²) in [6.07, 6.45) is 4.39. The molecule has 1 unspecified atom stereocenters. The fraction of sp³-hybridized carbons (Fsp3) is 0.591. The van der Waals surface area contributed by atoms with E-state index < -0.39 is 0 Å². The van der Waals surface area contributed by atoms with Crippen LogP contribution < -0.4 is 10.6 Å². The molecule has 2 N–H and O–H groups in total. The molecule has 2 aliphatic heterocycles. The fourth-order valence-electron chi connectivity index (χ4n) is 4.04. The minimum atomic E-state index is 0.130. The maximum absolute atomic E-state index is 6.05. The Balaban J connectivity index is 1.30. The fourth-order valence-corrected chi connectivity index (χ4v) is 4.04. The predicted molar refractivity (Wildman–Crippen MR) is 115 cm³/mol. The maximum atomic E-state index is 6.05. The first-order valence-corrected chi connectivity index (χ1v) is 10.9. The van der Waals surface area contributed by atoms with Crippen LogP contribution in [0.4, 0.5) is 0 Å². The molecule has 3 heterocycles. The summed E-state index contributed by atoms with van der Waals surface area (Å²) >= 11 is 0. The molecule has 1 aromatic carbocycles. The molecule has 0 bridgehead atoms. The number of hydrogen-bond acceptors (Lipinski definition) is 5. The van der Waals surface area contributed by atoms with Gasteiger partial charge in [-0.15, -0.1) is 0 Å². The van der Waals surface area contributed by atoms with Crippen LogP contribution in [0, 0.1) is 6.92 Å². The second kappa shape index (κ2) is 10.0. The Morgan fingerprint density at radius 1 is 1.27 bits per heavy atom. The van der Waals surface area contributed by atoms with Gasteiger partial charge in [-0.1, -0.05) is 24.3 Å². The summed E-state index contributed by atoms with van der Waals surface area (Å²) in [5.74, 6) is 2.59. The number of ether oxygens (including phenoxy) is 2. The normalized spacial score (nSPS) is 20.1. The van der Waals surface area contributed by atoms with Crippen LogP contribution in [0.25, 0.3) is 0 Å². The van der Waals surface area contributed by atoms with Crippen molar-refractivity contribution >= 4 is 5.96 Å². The lowest BCUT2D eigenvalue weighted by Gasteiger charge is -2.25. The Morgan fingerprint density at radius 2 is 2.10 bits per heavy atom. The third-order valence-electron chi connectivity index (χ3n) is 5.62. The summed E-state index contributed by atoms with van der Waals surface area (Å²) < 4.78 is 13.5. The van der Waals surface area contributed by atoms with Gasteiger partial charge in [-0.05, 0) is 43.7 Å². The number of hydrogen-bond donors (Lipinski definition) is 2. The van der Waals surface area contributed by atoms with Gasteiger partial charge in [0.2, 0.25) is 0 Å². The molecule has 0 radical (unpaired) electrons. The number of nitrogens with zero attached hydrogens (tertiary/aromatic N) is 4. The van der Waals surface area contributed by atoms with Gasteiger partial charge in [0.05, 0.1) is 18.8 Å². The van der Waals surface area contributed by atoms with Crippen LogP contribution in [-0.2, 0) is 29.2 Å². The van der Waals surface area contributed by atoms with Crippen molar-refractivity contribution in [1.82, 2.24) is 25.4 Å². The Bertz CT molecular complexity index is 859. The van der Waals surface area contributed by atoms with E-state index in [9.17, 15) is 0 Å². The van der Waals surface area contributed by atoms with E-state index in [1.54, 1.807) is 7.05 Å². The topological polar surface area (TPSA) is 85.6 Å². The van der Waals surface area contributed by atoms with Gasteiger partial charge in [-0.2, -0.15) is 5.10 Å². The van der Waals surface area contributed by atoms with Crippen molar-refractivity contribution < 1.29 is 9.47 Å². The molecule has 30 heavy (non-hydrogen) atoms. The molecule has 1 aromatic heterocycles. The monoisotopic (exact) mass is 412 g/mol. The van der Waals surface area contributed by atoms with Gasteiger partial charge < -0.3 is 20.1 Å². The Morgan fingerprint density at radius 3 is 2.93 bits per heavy atom. The first-order chi connectivity index (χ1) is 14.7. The minimum absolute atomic E-state index is 0.130. The lowest BCUT2D eigenvalue weighted by molar-refractivity contribution is -0.0390. The number of aliphatic imine (C=N–C) groups is 1. The lowest BCUT2D eigenvalue weighted by atomic mass is 10.1. The van der Waals surface area contributed by atoms with Crippen LogP contribution in [0.5, 0.6) is 0 Å². The van der Waals surface area contributed by atoms with E-state index in [1.807, 2.05) is 11.6 Å². The van der Waals surface area contributed by atoms with E-state index in [-0.39, 0.29) is 6.04 Å². The summed E-state index contributed by atoms with van der Waals surface area (Å²) in [6, 6.07) is 8.65. The molecule has 8 nitrogen and oxygen atoms in total. The number of nitrogens with one attached hydrogen (secondary N) is 2. The highest BCUT2D eigenvalue weighted by Gasteiger charge is 2.24. The summed E-state index contributed by atoms with van der Waals surface area (Å²) in [5.41, 5.74) is 2.40. The van der Waals surface area contributed by atoms with E-state index >= 15 is 0 Å². The number of aromatic nitrogens is 3. The number of benzene rings is 1. The lowest BCUT2D eigenvalue weighted by Crippen LogP contribution is -2.41. The highest BCUT2D eigenvalue weighted by atomic mass is 16.5. The average molecular weight is 413 g/mol. The van der Waals surface area contributed by atoms with Crippen molar-refractivity contribution in [3.63, 3.8) is 0 Å². The Labute approximate surface area is 178 Å². The summed E-state index contributed by atoms with van der Waals surface area (Å²) in [5, 5.41) is 11.4. The van der Waals surface area contributed by atoms with E-state index in [2.05, 4.69) is 50.0 Å². The van der Waals surface area contributed by atoms with Crippen molar-refractivity contribution in [1.29, 1.82) is 0 Å². The third-order valence-corrected chi connectivity index (χ3v) is 5.62. The van der Waals surface area contributed by atoms with Gasteiger partial charge in [0, 0.05) is 33.4 Å². The number of rotatable bonds is 6. The summed E-state index contributed by atoms with van der Waals surface area (Å²) in [4.78, 5) is 8.99. The average Bonchev–Trinajstić information content (AvgIpc) is 3.17. The predicted octanol–water partition coefficient (Wildman–Crippen LogP) is 2.48. The Kier molecular flexibility index (Phi) is 6.96. The van der Waals surface area contributed by atoms with Crippen LogP contribution in [-0.4, -0.2) is 47.1 Å². The third kappa shape index (κ3) is 5.37. The molecule has 1 fully saturated rings. The van der Waals surface area contributed by atoms with Crippen molar-refractivity contribution in [2.75, 3.05) is 20.3 Å². The largest absolute Gasteiger partial charge is 0.381 e. The zero-order chi connectivity index (χ0) is 20.8. The van der Waals surface area contributed by atoms with Gasteiger partial charge >= 0.3 is 0 Å². The zero-order valence-corrected chi connectivity index (χ0v) is 17.9. The van der Waals surface area contributed by atoms with Crippen LogP contribution in [0.15, 0.2) is 29.3 Å². The first-order valence-electron chi connectivity index (χ1n) is 10.9. The number of aryl methyl sites for hydroxylation is 2. The quantitative estimate of drug-likeness (QED) is 0.560. The van der Waals surface area contributed by atoms with E-state index in [0.29, 0.717) is 19.3 Å². The first kappa shape index (κ1) is 20.8. The SMILES string of the molecule is CN=C(NCc1cccc(COC2CCOCC2)c1)NC1CCCn2nc(C)nc21. The summed E-state index contributed by atoms with van der Waals surface area (Å²) in [6.45, 7) is 5.82. The van der Waals surface area contributed by atoms with E-state index in [1.165, 1.54) is 11.1 Å². The molecule has 2 aromatic rings. The van der Waals surface area contributed by atoms with Gasteiger partial charge in [0.15, 0.2) is 5.96 Å². The van der Waals surface area contributed by atoms with Gasteiger partial charge in [0.25, 0.3) is 0 Å². The zero-order valence-electron chi connectivity index (χ0n) is 17.9. The van der Waals surface area contributed by atoms with Crippen LogP contribution in [0.3, 0.4) is 0 Å². The van der Waals surface area contributed by atoms with Crippen molar-refractivity contribution in [3.05, 3.63) is 47.0 Å². The van der Waals surface area contributed by atoms with Crippen LogP contribution in [0.1, 0.15) is 54.5 Å². The number of fused-ring (bicyclic) bond motifs is 1. The van der Waals surface area contributed by atoms with E-state index in [0.717, 1.165) is 63.1 Å². The van der Waals surface area contributed by atoms with E-state index in [4.69, 9.17) is 9.47 Å². The molecular formula is C22H32N6O2. The van der Waals surface area contributed by atoms with Crippen LogP contribution >= 0.6 is 0 Å². The molecule has 1 atom stereocenters. The minimum Gasteiger partial charge on any atom is -0.381 e. The highest BCUT2D eigenvalue weighted by molar-refractivity contribution is 5.80. The molecule has 0 saturated carbocycles. The molecule has 8 heteroatoms. The van der Waals surface area contributed by atoms with Gasteiger partial charge in [0.1, 0.15) is 11.6 Å². The molecule has 162 valence electrons. The molecular weight excluding hydrogens is 380 g/mol. The standard InChI is InChI=1S/C22H32N6O2/c1-16-25-21-20(7-4-10-28(21)27-16)26-22(23-2)24-14-17-5-3-6-18(13-17)15-30-19-8-11-29-12-9-19/h3,5-6,13,19-20H,4,7-12,14-15H2,1-2H3,(H2,23,24,26). The molecule has 1 saturated heterocycles. The molecule has 0 aliphatic carbocycles.